The van der Waals surface area contributed by atoms with Crippen LogP contribution in [0.4, 0.5) is 0 Å². The van der Waals surface area contributed by atoms with Gasteiger partial charge in [0.1, 0.15) is 0 Å². The number of benzene rings is 1. The van der Waals surface area contributed by atoms with Crippen LogP contribution < -0.4 is 0 Å². The lowest BCUT2D eigenvalue weighted by Crippen LogP contribution is -2.56. The number of nitrogens with zero attached hydrogens (tertiary/aromatic N) is 3. The van der Waals surface area contributed by atoms with Crippen LogP contribution in [0.5, 0.6) is 0 Å². The molecule has 1 heterocycles. The van der Waals surface area contributed by atoms with Gasteiger partial charge in [0.2, 0.25) is 5.91 Å². The van der Waals surface area contributed by atoms with Crippen LogP contribution in [0.2, 0.25) is 0 Å². The molecule has 0 unspecified atom stereocenters. The Morgan fingerprint density at radius 3 is 2.34 bits per heavy atom. The van der Waals surface area contributed by atoms with Crippen LogP contribution in [-0.4, -0.2) is 72.4 Å². The third kappa shape index (κ3) is 5.75. The molecule has 1 aliphatic carbocycles. The summed E-state index contributed by atoms with van der Waals surface area (Å²) in [7, 11) is -1.74. The van der Waals surface area contributed by atoms with Gasteiger partial charge < -0.3 is 4.90 Å². The van der Waals surface area contributed by atoms with Gasteiger partial charge in [0.25, 0.3) is 10.2 Å². The van der Waals surface area contributed by atoms with Crippen LogP contribution in [-0.2, 0) is 20.8 Å². The summed E-state index contributed by atoms with van der Waals surface area (Å²) in [5.74, 6) is 0.900. The van der Waals surface area contributed by atoms with Gasteiger partial charge in [-0.05, 0) is 25.3 Å². The van der Waals surface area contributed by atoms with Crippen molar-refractivity contribution in [1.82, 2.24) is 13.5 Å². The lowest BCUT2D eigenvalue weighted by Gasteiger charge is -2.39. The standard InChI is InChI=1S/C21H33N3O3S2/c1-18(28-17-19-9-5-3-6-10-19)21(25)23-13-15-24(16-14-23)29(26,27)22(2)20-11-7-4-8-12-20/h3,5-6,9-10,18,20H,4,7-8,11-17H2,1-2H3/t18-/m0/s1. The van der Waals surface area contributed by atoms with E-state index in [1.54, 1.807) is 27.4 Å². The Kier molecular flexibility index (Phi) is 8.01. The van der Waals surface area contributed by atoms with Crippen molar-refractivity contribution in [2.24, 2.45) is 0 Å². The Balaban J connectivity index is 1.49. The Bertz CT molecular complexity index is 759. The van der Waals surface area contributed by atoms with Crippen molar-refractivity contribution >= 4 is 27.9 Å². The molecule has 1 amide bonds. The van der Waals surface area contributed by atoms with Crippen molar-refractivity contribution in [1.29, 1.82) is 0 Å². The Morgan fingerprint density at radius 2 is 1.72 bits per heavy atom. The summed E-state index contributed by atoms with van der Waals surface area (Å²) in [6, 6.07) is 10.2. The van der Waals surface area contributed by atoms with Crippen LogP contribution in [0.25, 0.3) is 0 Å². The molecule has 162 valence electrons. The van der Waals surface area contributed by atoms with E-state index in [0.29, 0.717) is 26.2 Å². The quantitative estimate of drug-likeness (QED) is 0.655. The van der Waals surface area contributed by atoms with E-state index in [1.807, 2.05) is 30.0 Å². The van der Waals surface area contributed by atoms with Crippen molar-refractivity contribution in [3.8, 4) is 0 Å². The maximum Gasteiger partial charge on any atom is 0.282 e. The molecule has 3 rings (SSSR count). The summed E-state index contributed by atoms with van der Waals surface area (Å²) in [6.07, 6.45) is 5.30. The lowest BCUT2D eigenvalue weighted by atomic mass is 9.96. The minimum Gasteiger partial charge on any atom is -0.339 e. The molecule has 8 heteroatoms. The first kappa shape index (κ1) is 22.6. The van der Waals surface area contributed by atoms with E-state index in [9.17, 15) is 13.2 Å². The zero-order chi connectivity index (χ0) is 20.9. The van der Waals surface area contributed by atoms with Crippen molar-refractivity contribution in [3.05, 3.63) is 35.9 Å². The van der Waals surface area contributed by atoms with Crippen LogP contribution in [0.15, 0.2) is 30.3 Å². The van der Waals surface area contributed by atoms with Gasteiger partial charge in [0, 0.05) is 45.0 Å². The third-order valence-electron chi connectivity index (χ3n) is 6.02. The van der Waals surface area contributed by atoms with Crippen LogP contribution in [0.1, 0.15) is 44.6 Å². The minimum absolute atomic E-state index is 0.101. The Morgan fingerprint density at radius 1 is 1.10 bits per heavy atom. The predicted octanol–water partition coefficient (Wildman–Crippen LogP) is 2.96. The molecule has 0 radical (unpaired) electrons. The second kappa shape index (κ2) is 10.3. The van der Waals surface area contributed by atoms with Crippen LogP contribution in [0.3, 0.4) is 0 Å². The fourth-order valence-electron chi connectivity index (χ4n) is 4.08. The molecule has 29 heavy (non-hydrogen) atoms. The second-order valence-electron chi connectivity index (χ2n) is 7.98. The van der Waals surface area contributed by atoms with Crippen molar-refractivity contribution in [2.75, 3.05) is 33.2 Å². The van der Waals surface area contributed by atoms with Crippen molar-refractivity contribution in [2.45, 2.75) is 56.1 Å². The molecule has 0 spiro atoms. The number of rotatable bonds is 7. The molecule has 1 saturated carbocycles. The van der Waals surface area contributed by atoms with E-state index in [4.69, 9.17) is 0 Å². The van der Waals surface area contributed by atoms with E-state index < -0.39 is 10.2 Å². The van der Waals surface area contributed by atoms with Crippen molar-refractivity contribution in [3.63, 3.8) is 0 Å². The fraction of sp³-hybridized carbons (Fsp3) is 0.667. The zero-order valence-electron chi connectivity index (χ0n) is 17.5. The molecule has 1 atom stereocenters. The second-order valence-corrected chi connectivity index (χ2v) is 11.3. The van der Waals surface area contributed by atoms with Crippen LogP contribution >= 0.6 is 11.8 Å². The number of carbonyl (C=O) groups is 1. The van der Waals surface area contributed by atoms with E-state index in [1.165, 1.54) is 12.0 Å². The summed E-state index contributed by atoms with van der Waals surface area (Å²) < 4.78 is 29.1. The summed E-state index contributed by atoms with van der Waals surface area (Å²) in [6.45, 7) is 3.62. The first-order valence-electron chi connectivity index (χ1n) is 10.6. The lowest BCUT2D eigenvalue weighted by molar-refractivity contribution is -0.131. The molecule has 0 aromatic heterocycles. The fourth-order valence-corrected chi connectivity index (χ4v) is 6.58. The van der Waals surface area contributed by atoms with Gasteiger partial charge in [0.15, 0.2) is 0 Å². The number of amides is 1. The van der Waals surface area contributed by atoms with E-state index >= 15 is 0 Å². The average Bonchev–Trinajstić information content (AvgIpc) is 2.77. The third-order valence-corrected chi connectivity index (χ3v) is 9.27. The predicted molar refractivity (Wildman–Crippen MR) is 119 cm³/mol. The average molecular weight is 440 g/mol. The molecule has 0 bridgehead atoms. The number of piperazine rings is 1. The first-order chi connectivity index (χ1) is 13.9. The Hall–Kier alpha value is -1.09. The highest BCUT2D eigenvalue weighted by Gasteiger charge is 2.35. The molecular formula is C21H33N3O3S2. The molecule has 2 aliphatic rings. The molecule has 1 saturated heterocycles. The molecule has 1 aliphatic heterocycles. The number of carbonyl (C=O) groups excluding carboxylic acids is 1. The topological polar surface area (TPSA) is 60.9 Å². The smallest absolute Gasteiger partial charge is 0.282 e. The summed E-state index contributed by atoms with van der Waals surface area (Å²) in [5, 5.41) is -0.136. The summed E-state index contributed by atoms with van der Waals surface area (Å²) in [4.78, 5) is 14.6. The highest BCUT2D eigenvalue weighted by Crippen LogP contribution is 2.26. The maximum absolute atomic E-state index is 13.0. The summed E-state index contributed by atoms with van der Waals surface area (Å²) >= 11 is 1.63. The number of hydrogen-bond donors (Lipinski definition) is 0. The van der Waals surface area contributed by atoms with Gasteiger partial charge in [-0.2, -0.15) is 17.0 Å². The maximum atomic E-state index is 13.0. The van der Waals surface area contributed by atoms with Gasteiger partial charge in [0.05, 0.1) is 5.25 Å². The molecule has 0 N–H and O–H groups in total. The molecular weight excluding hydrogens is 406 g/mol. The van der Waals surface area contributed by atoms with Gasteiger partial charge >= 0.3 is 0 Å². The molecule has 1 aromatic rings. The minimum atomic E-state index is -3.45. The normalized spacial score (nSPS) is 20.7. The van der Waals surface area contributed by atoms with Gasteiger partial charge in [-0.25, -0.2) is 0 Å². The van der Waals surface area contributed by atoms with E-state index in [2.05, 4.69) is 12.1 Å². The van der Waals surface area contributed by atoms with Crippen LogP contribution in [0, 0.1) is 0 Å². The van der Waals surface area contributed by atoms with Gasteiger partial charge in [-0.1, -0.05) is 49.6 Å². The highest BCUT2D eigenvalue weighted by molar-refractivity contribution is 7.99. The van der Waals surface area contributed by atoms with E-state index in [0.717, 1.165) is 31.4 Å². The monoisotopic (exact) mass is 439 g/mol. The number of thioether (sulfide) groups is 1. The number of hydrogen-bond acceptors (Lipinski definition) is 4. The molecule has 6 nitrogen and oxygen atoms in total. The summed E-state index contributed by atoms with van der Waals surface area (Å²) in [5.41, 5.74) is 1.21. The molecule has 2 fully saturated rings. The Labute approximate surface area is 179 Å². The first-order valence-corrected chi connectivity index (χ1v) is 13.0. The van der Waals surface area contributed by atoms with E-state index in [-0.39, 0.29) is 17.2 Å². The van der Waals surface area contributed by atoms with Gasteiger partial charge in [-0.15, -0.1) is 11.8 Å². The SMILES string of the molecule is C[C@H](SCc1ccccc1)C(=O)N1CCN(S(=O)(=O)N(C)C2CCCCC2)CC1. The molecule has 1 aromatic carbocycles. The zero-order valence-corrected chi connectivity index (χ0v) is 19.1. The van der Waals surface area contributed by atoms with Gasteiger partial charge in [-0.3, -0.25) is 4.79 Å². The highest BCUT2D eigenvalue weighted by atomic mass is 32.2. The van der Waals surface area contributed by atoms with Crippen molar-refractivity contribution < 1.29 is 13.2 Å². The largest absolute Gasteiger partial charge is 0.339 e.